The van der Waals surface area contributed by atoms with E-state index >= 15 is 0 Å². The van der Waals surface area contributed by atoms with Crippen molar-refractivity contribution in [3.8, 4) is 0 Å². The van der Waals surface area contributed by atoms with E-state index in [0.29, 0.717) is 4.57 Å². The molecule has 1 fully saturated rings. The molecular formula is C10H12F3N3O4. The number of ether oxygens (including phenoxy) is 1. The van der Waals surface area contributed by atoms with Crippen LogP contribution in [0.4, 0.5) is 19.0 Å². The van der Waals surface area contributed by atoms with Crippen molar-refractivity contribution in [1.29, 1.82) is 0 Å². The predicted octanol–water partition coefficient (Wildman–Crippen LogP) is -0.819. The maximum Gasteiger partial charge on any atom is 0.351 e. The second-order valence-electron chi connectivity index (χ2n) is 4.29. The summed E-state index contributed by atoms with van der Waals surface area (Å²) in [6.07, 6.45) is -5.95. The van der Waals surface area contributed by atoms with Crippen LogP contribution in [0.1, 0.15) is 11.8 Å². The molecule has 0 bridgehead atoms. The number of alkyl halides is 3. The van der Waals surface area contributed by atoms with Gasteiger partial charge in [-0.2, -0.15) is 13.8 Å². The Kier molecular flexibility index (Phi) is 3.71. The molecule has 2 heterocycles. The Hall–Kier alpha value is -1.65. The van der Waals surface area contributed by atoms with Crippen LogP contribution in [-0.2, 0) is 11.3 Å². The lowest BCUT2D eigenvalue weighted by atomic mass is 10.1. The first-order valence-electron chi connectivity index (χ1n) is 5.59. The summed E-state index contributed by atoms with van der Waals surface area (Å²) in [6, 6.07) is 0. The summed E-state index contributed by atoms with van der Waals surface area (Å²) in [5, 5.41) is 17.8. The van der Waals surface area contributed by atoms with Gasteiger partial charge >= 0.3 is 11.6 Å². The average Bonchev–Trinajstić information content (AvgIpc) is 2.62. The van der Waals surface area contributed by atoms with Crippen LogP contribution in [0.15, 0.2) is 11.0 Å². The molecule has 1 saturated heterocycles. The van der Waals surface area contributed by atoms with Crippen LogP contribution in [0.2, 0.25) is 0 Å². The Morgan fingerprint density at radius 3 is 2.65 bits per heavy atom. The van der Waals surface area contributed by atoms with Crippen molar-refractivity contribution in [2.45, 2.75) is 31.0 Å². The van der Waals surface area contributed by atoms with Crippen molar-refractivity contribution < 1.29 is 28.1 Å². The summed E-state index contributed by atoms with van der Waals surface area (Å²) in [4.78, 5) is 14.8. The van der Waals surface area contributed by atoms with Crippen molar-refractivity contribution in [3.63, 3.8) is 0 Å². The normalized spacial score (nSPS) is 28.8. The van der Waals surface area contributed by atoms with Gasteiger partial charge in [-0.1, -0.05) is 0 Å². The number of rotatable bonds is 3. The molecule has 1 aromatic heterocycles. The second kappa shape index (κ2) is 5.04. The van der Waals surface area contributed by atoms with E-state index in [0.717, 1.165) is 6.20 Å². The number of aromatic nitrogens is 2. The van der Waals surface area contributed by atoms with E-state index in [9.17, 15) is 18.0 Å². The third kappa shape index (κ3) is 2.15. The van der Waals surface area contributed by atoms with E-state index in [2.05, 4.69) is 9.72 Å². The molecule has 20 heavy (non-hydrogen) atoms. The Labute approximate surface area is 110 Å². The summed E-state index contributed by atoms with van der Waals surface area (Å²) in [6.45, 7) is -1.60. The van der Waals surface area contributed by atoms with Crippen LogP contribution in [0.25, 0.3) is 0 Å². The summed E-state index contributed by atoms with van der Waals surface area (Å²) < 4.78 is 46.0. The van der Waals surface area contributed by atoms with Gasteiger partial charge in [-0.25, -0.2) is 9.18 Å². The molecule has 1 aliphatic heterocycles. The van der Waals surface area contributed by atoms with Crippen molar-refractivity contribution in [2.24, 2.45) is 0 Å². The van der Waals surface area contributed by atoms with Gasteiger partial charge < -0.3 is 20.7 Å². The van der Waals surface area contributed by atoms with Crippen molar-refractivity contribution in [1.82, 2.24) is 9.55 Å². The number of hydrogen-bond acceptors (Lipinski definition) is 6. The molecule has 7 nitrogen and oxygen atoms in total. The number of nitrogens with zero attached hydrogens (tertiary/aromatic N) is 2. The fourth-order valence-electron chi connectivity index (χ4n) is 1.91. The SMILES string of the molecule is Nc1nc(=O)n(C2OC(CO)C(F)C2(F)F)cc1CO. The van der Waals surface area contributed by atoms with Gasteiger partial charge in [0, 0.05) is 11.8 Å². The molecule has 0 amide bonds. The molecule has 4 N–H and O–H groups in total. The summed E-state index contributed by atoms with van der Waals surface area (Å²) >= 11 is 0. The third-order valence-electron chi connectivity index (χ3n) is 2.99. The molecule has 1 aliphatic rings. The van der Waals surface area contributed by atoms with Gasteiger partial charge in [0.05, 0.1) is 13.2 Å². The quantitative estimate of drug-likeness (QED) is 0.672. The first-order valence-corrected chi connectivity index (χ1v) is 5.59. The molecule has 0 aromatic carbocycles. The number of nitrogen functional groups attached to an aromatic ring is 1. The summed E-state index contributed by atoms with van der Waals surface area (Å²) in [7, 11) is 0. The van der Waals surface area contributed by atoms with Gasteiger partial charge in [-0.3, -0.25) is 4.57 Å². The monoisotopic (exact) mass is 295 g/mol. The molecule has 0 aliphatic carbocycles. The molecule has 112 valence electrons. The second-order valence-corrected chi connectivity index (χ2v) is 4.29. The van der Waals surface area contributed by atoms with E-state index in [4.69, 9.17) is 15.9 Å². The Morgan fingerprint density at radius 1 is 1.50 bits per heavy atom. The molecule has 0 saturated carbocycles. The highest BCUT2D eigenvalue weighted by atomic mass is 19.3. The number of aliphatic hydroxyl groups excluding tert-OH is 2. The minimum Gasteiger partial charge on any atom is -0.394 e. The van der Waals surface area contributed by atoms with E-state index in [1.165, 1.54) is 0 Å². The fourth-order valence-corrected chi connectivity index (χ4v) is 1.91. The Balaban J connectivity index is 2.49. The molecule has 0 spiro atoms. The predicted molar refractivity (Wildman–Crippen MR) is 59.7 cm³/mol. The van der Waals surface area contributed by atoms with Crippen molar-refractivity contribution in [3.05, 3.63) is 22.2 Å². The molecule has 1 aromatic rings. The minimum atomic E-state index is -4.03. The van der Waals surface area contributed by atoms with Gasteiger partial charge in [0.25, 0.3) is 0 Å². The standard InChI is InChI=1S/C10H12F3N3O4/c11-6-5(3-18)20-8(10(6,12)13)16-1-4(2-17)7(14)15-9(16)19/h1,5-6,8,17-18H,2-3H2,(H2,14,15,19). The topological polar surface area (TPSA) is 111 Å². The lowest BCUT2D eigenvalue weighted by Gasteiger charge is -2.21. The van der Waals surface area contributed by atoms with Crippen LogP contribution >= 0.6 is 0 Å². The number of anilines is 1. The lowest BCUT2D eigenvalue weighted by molar-refractivity contribution is -0.130. The van der Waals surface area contributed by atoms with Crippen molar-refractivity contribution in [2.75, 3.05) is 12.3 Å². The van der Waals surface area contributed by atoms with E-state index in [1.807, 2.05) is 0 Å². The average molecular weight is 295 g/mol. The summed E-state index contributed by atoms with van der Waals surface area (Å²) in [5.41, 5.74) is 4.07. The first-order chi connectivity index (χ1) is 9.32. The third-order valence-corrected chi connectivity index (χ3v) is 2.99. The zero-order valence-electron chi connectivity index (χ0n) is 10.0. The molecule has 3 unspecified atom stereocenters. The maximum absolute atomic E-state index is 13.7. The van der Waals surface area contributed by atoms with E-state index < -0.39 is 43.3 Å². The van der Waals surface area contributed by atoms with Crippen molar-refractivity contribution >= 4 is 5.82 Å². The largest absolute Gasteiger partial charge is 0.394 e. The molecule has 0 radical (unpaired) electrons. The zero-order chi connectivity index (χ0) is 15.1. The number of halogens is 3. The molecular weight excluding hydrogens is 283 g/mol. The lowest BCUT2D eigenvalue weighted by Crippen LogP contribution is -2.40. The van der Waals surface area contributed by atoms with Crippen LogP contribution < -0.4 is 11.4 Å². The number of hydrogen-bond donors (Lipinski definition) is 3. The number of nitrogens with two attached hydrogens (primary N) is 1. The highest BCUT2D eigenvalue weighted by Gasteiger charge is 2.60. The van der Waals surface area contributed by atoms with E-state index in [1.54, 1.807) is 0 Å². The maximum atomic E-state index is 13.7. The van der Waals surface area contributed by atoms with Crippen LogP contribution in [0, 0.1) is 0 Å². The van der Waals surface area contributed by atoms with Gasteiger partial charge in [-0.15, -0.1) is 0 Å². The highest BCUT2D eigenvalue weighted by molar-refractivity contribution is 5.36. The smallest absolute Gasteiger partial charge is 0.351 e. The van der Waals surface area contributed by atoms with Gasteiger partial charge in [-0.05, 0) is 0 Å². The van der Waals surface area contributed by atoms with Gasteiger partial charge in [0.15, 0.2) is 6.17 Å². The minimum absolute atomic E-state index is 0.0770. The summed E-state index contributed by atoms with van der Waals surface area (Å²) in [5.74, 6) is -4.34. The van der Waals surface area contributed by atoms with Crippen LogP contribution in [0.5, 0.6) is 0 Å². The van der Waals surface area contributed by atoms with Crippen LogP contribution in [0.3, 0.4) is 0 Å². The number of aliphatic hydroxyl groups is 2. The molecule has 3 atom stereocenters. The molecule has 2 rings (SSSR count). The molecule has 10 heteroatoms. The highest BCUT2D eigenvalue weighted by Crippen LogP contribution is 2.43. The van der Waals surface area contributed by atoms with Crippen LogP contribution in [-0.4, -0.2) is 44.6 Å². The zero-order valence-corrected chi connectivity index (χ0v) is 10.0. The fraction of sp³-hybridized carbons (Fsp3) is 0.600. The Morgan fingerprint density at radius 2 is 2.15 bits per heavy atom. The van der Waals surface area contributed by atoms with Gasteiger partial charge in [0.1, 0.15) is 11.9 Å². The first kappa shape index (κ1) is 14.8. The van der Waals surface area contributed by atoms with Gasteiger partial charge in [0.2, 0.25) is 6.23 Å². The van der Waals surface area contributed by atoms with E-state index in [-0.39, 0.29) is 11.4 Å². The Bertz CT molecular complexity index is 565.